The van der Waals surface area contributed by atoms with E-state index in [-0.39, 0.29) is 0 Å². The van der Waals surface area contributed by atoms with Gasteiger partial charge < -0.3 is 9.13 Å². The van der Waals surface area contributed by atoms with E-state index in [9.17, 15) is 0 Å². The summed E-state index contributed by atoms with van der Waals surface area (Å²) in [5.41, 5.74) is 19.2. The van der Waals surface area contributed by atoms with Crippen LogP contribution in [-0.4, -0.2) is 9.13 Å². The van der Waals surface area contributed by atoms with Gasteiger partial charge in [0.25, 0.3) is 0 Å². The molecule has 0 aliphatic rings. The summed E-state index contributed by atoms with van der Waals surface area (Å²) in [5.74, 6) is 0. The normalized spacial score (nSPS) is 11.5. The molecule has 0 unspecified atom stereocenters. The van der Waals surface area contributed by atoms with Crippen molar-refractivity contribution in [3.05, 3.63) is 243 Å². The Morgan fingerprint density at radius 3 is 1.19 bits per heavy atom. The van der Waals surface area contributed by atoms with E-state index < -0.39 is 0 Å². The molecule has 62 heavy (non-hydrogen) atoms. The van der Waals surface area contributed by atoms with Crippen molar-refractivity contribution in [1.82, 2.24) is 9.13 Å². The highest BCUT2D eigenvalue weighted by molar-refractivity contribution is 6.17. The summed E-state index contributed by atoms with van der Waals surface area (Å²) in [4.78, 5) is 0. The number of aromatic nitrogens is 2. The Morgan fingerprint density at radius 2 is 0.597 bits per heavy atom. The zero-order chi connectivity index (χ0) is 41.0. The van der Waals surface area contributed by atoms with Crippen molar-refractivity contribution >= 4 is 43.6 Å². The van der Waals surface area contributed by atoms with Crippen LogP contribution in [0.1, 0.15) is 0 Å². The van der Waals surface area contributed by atoms with E-state index in [1.165, 1.54) is 99.2 Å². The molecule has 0 amide bonds. The van der Waals surface area contributed by atoms with Crippen molar-refractivity contribution in [1.29, 1.82) is 0 Å². The molecule has 10 aromatic carbocycles. The molecule has 2 aromatic heterocycles. The molecule has 0 aliphatic heterocycles. The minimum absolute atomic E-state index is 1.15. The SMILES string of the molecule is c1ccc(-c2ccc(-c3ccc(-n4c5ccccc5c5cc(-c6ccc7c(c6)c6c(-c8ccc(-c9ccccc9)cc8)cccc6n7-c6ccccc6)ccc54)cc3)cc2)cc1. The first kappa shape index (κ1) is 35.7. The fourth-order valence-corrected chi connectivity index (χ4v) is 9.54. The Labute approximate surface area is 360 Å². The predicted octanol–water partition coefficient (Wildman–Crippen LogP) is 16.2. The van der Waals surface area contributed by atoms with Gasteiger partial charge in [-0.05, 0) is 116 Å². The minimum atomic E-state index is 1.15. The van der Waals surface area contributed by atoms with Crippen LogP contribution < -0.4 is 0 Å². The molecule has 0 spiro atoms. The van der Waals surface area contributed by atoms with E-state index in [1.54, 1.807) is 0 Å². The molecule has 2 nitrogen and oxygen atoms in total. The molecule has 2 heterocycles. The van der Waals surface area contributed by atoms with Crippen LogP contribution in [0.25, 0.3) is 111 Å². The molecular weight excluding hydrogens is 749 g/mol. The van der Waals surface area contributed by atoms with Gasteiger partial charge >= 0.3 is 0 Å². The lowest BCUT2D eigenvalue weighted by atomic mass is 9.95. The van der Waals surface area contributed by atoms with Crippen LogP contribution in [0.2, 0.25) is 0 Å². The lowest BCUT2D eigenvalue weighted by Crippen LogP contribution is -1.94. The molecule has 290 valence electrons. The molecule has 0 saturated carbocycles. The highest BCUT2D eigenvalue weighted by Crippen LogP contribution is 2.42. The minimum Gasteiger partial charge on any atom is -0.309 e. The molecule has 0 N–H and O–H groups in total. The third-order valence-corrected chi connectivity index (χ3v) is 12.6. The van der Waals surface area contributed by atoms with Gasteiger partial charge in [0.15, 0.2) is 0 Å². The van der Waals surface area contributed by atoms with E-state index in [0.717, 1.165) is 11.4 Å². The summed E-state index contributed by atoms with van der Waals surface area (Å²) >= 11 is 0. The Balaban J connectivity index is 0.961. The first-order valence-electron chi connectivity index (χ1n) is 21.3. The second-order valence-electron chi connectivity index (χ2n) is 16.1. The Morgan fingerprint density at radius 1 is 0.210 bits per heavy atom. The topological polar surface area (TPSA) is 9.86 Å². The van der Waals surface area contributed by atoms with Crippen molar-refractivity contribution in [3.63, 3.8) is 0 Å². The number of hydrogen-bond acceptors (Lipinski definition) is 0. The summed E-state index contributed by atoms with van der Waals surface area (Å²) in [6.45, 7) is 0. The lowest BCUT2D eigenvalue weighted by Gasteiger charge is -2.11. The van der Waals surface area contributed by atoms with Gasteiger partial charge in [-0.2, -0.15) is 0 Å². The number of hydrogen-bond donors (Lipinski definition) is 0. The van der Waals surface area contributed by atoms with Gasteiger partial charge in [-0.25, -0.2) is 0 Å². The van der Waals surface area contributed by atoms with Crippen molar-refractivity contribution in [2.24, 2.45) is 0 Å². The third kappa shape index (κ3) is 6.04. The molecule has 0 radical (unpaired) electrons. The summed E-state index contributed by atoms with van der Waals surface area (Å²) in [5, 5.41) is 4.98. The summed E-state index contributed by atoms with van der Waals surface area (Å²) in [7, 11) is 0. The first-order chi connectivity index (χ1) is 30.7. The second-order valence-corrected chi connectivity index (χ2v) is 16.1. The van der Waals surface area contributed by atoms with Gasteiger partial charge in [-0.3, -0.25) is 0 Å². The van der Waals surface area contributed by atoms with Crippen LogP contribution in [0, 0.1) is 0 Å². The molecule has 0 atom stereocenters. The van der Waals surface area contributed by atoms with Crippen LogP contribution in [0.5, 0.6) is 0 Å². The van der Waals surface area contributed by atoms with Gasteiger partial charge in [-0.1, -0.05) is 182 Å². The van der Waals surface area contributed by atoms with Gasteiger partial charge in [0.2, 0.25) is 0 Å². The predicted molar refractivity (Wildman–Crippen MR) is 262 cm³/mol. The fourth-order valence-electron chi connectivity index (χ4n) is 9.54. The summed E-state index contributed by atoms with van der Waals surface area (Å²) in [6.07, 6.45) is 0. The lowest BCUT2D eigenvalue weighted by molar-refractivity contribution is 1.18. The van der Waals surface area contributed by atoms with E-state index >= 15 is 0 Å². The van der Waals surface area contributed by atoms with Gasteiger partial charge in [0, 0.05) is 32.9 Å². The second kappa shape index (κ2) is 14.8. The molecule has 0 bridgehead atoms. The molecule has 0 aliphatic carbocycles. The Hall–Kier alpha value is -8.20. The van der Waals surface area contributed by atoms with Gasteiger partial charge in [0.1, 0.15) is 0 Å². The average molecular weight is 789 g/mol. The summed E-state index contributed by atoms with van der Waals surface area (Å²) < 4.78 is 4.82. The monoisotopic (exact) mass is 788 g/mol. The Bertz CT molecular complexity index is 3560. The smallest absolute Gasteiger partial charge is 0.0547 e. The standard InChI is InChI=1S/C60H40N2/c1-4-13-41(14-5-1)43-23-25-45(26-24-43)46-31-35-51(36-32-46)61-56-21-11-10-19-53(56)54-39-48(33-37-57(54)61)49-34-38-58-55(40-49)60-52(20-12-22-59(60)62(58)50-17-8-3-9-18-50)47-29-27-44(28-30-47)42-15-6-2-7-16-42/h1-40H. The zero-order valence-electron chi connectivity index (χ0n) is 34.0. The van der Waals surface area contributed by atoms with Crippen LogP contribution in [0.3, 0.4) is 0 Å². The van der Waals surface area contributed by atoms with Crippen molar-refractivity contribution in [2.45, 2.75) is 0 Å². The average Bonchev–Trinajstić information content (AvgIpc) is 3.87. The van der Waals surface area contributed by atoms with Crippen LogP contribution >= 0.6 is 0 Å². The van der Waals surface area contributed by atoms with Crippen LogP contribution in [0.4, 0.5) is 0 Å². The third-order valence-electron chi connectivity index (χ3n) is 12.6. The Kier molecular flexibility index (Phi) is 8.53. The van der Waals surface area contributed by atoms with E-state index in [0.29, 0.717) is 0 Å². The van der Waals surface area contributed by atoms with E-state index in [4.69, 9.17) is 0 Å². The van der Waals surface area contributed by atoms with Crippen molar-refractivity contribution in [2.75, 3.05) is 0 Å². The number of para-hydroxylation sites is 2. The number of rotatable bonds is 7. The molecule has 12 rings (SSSR count). The van der Waals surface area contributed by atoms with E-state index in [2.05, 4.69) is 252 Å². The highest BCUT2D eigenvalue weighted by atomic mass is 15.0. The molecule has 0 fully saturated rings. The molecule has 12 aromatic rings. The number of nitrogens with zero attached hydrogens (tertiary/aromatic N) is 2. The summed E-state index contributed by atoms with van der Waals surface area (Å²) in [6, 6.07) is 88.3. The van der Waals surface area contributed by atoms with Crippen LogP contribution in [-0.2, 0) is 0 Å². The molecule has 2 heteroatoms. The number of benzene rings is 10. The van der Waals surface area contributed by atoms with Gasteiger partial charge in [0.05, 0.1) is 22.1 Å². The molecule has 0 saturated heterocycles. The van der Waals surface area contributed by atoms with Crippen LogP contribution in [0.15, 0.2) is 243 Å². The largest absolute Gasteiger partial charge is 0.309 e. The molecular formula is C60H40N2. The van der Waals surface area contributed by atoms with Crippen molar-refractivity contribution < 1.29 is 0 Å². The zero-order valence-corrected chi connectivity index (χ0v) is 34.0. The van der Waals surface area contributed by atoms with Crippen molar-refractivity contribution in [3.8, 4) is 67.0 Å². The van der Waals surface area contributed by atoms with Gasteiger partial charge in [-0.15, -0.1) is 0 Å². The maximum Gasteiger partial charge on any atom is 0.0547 e. The fraction of sp³-hybridized carbons (Fsp3) is 0. The number of fused-ring (bicyclic) bond motifs is 6. The maximum atomic E-state index is 2.41. The maximum absolute atomic E-state index is 2.41. The first-order valence-corrected chi connectivity index (χ1v) is 21.3. The highest BCUT2D eigenvalue weighted by Gasteiger charge is 2.19. The quantitative estimate of drug-likeness (QED) is 0.152. The van der Waals surface area contributed by atoms with E-state index in [1.807, 2.05) is 0 Å².